The number of para-hydroxylation sites is 2. The van der Waals surface area contributed by atoms with Crippen LogP contribution in [0.5, 0.6) is 17.2 Å². The van der Waals surface area contributed by atoms with E-state index in [0.29, 0.717) is 49.3 Å². The number of ether oxygens (including phenoxy) is 2. The molecule has 0 radical (unpaired) electrons. The average molecular weight is 595 g/mol. The molecule has 3 heterocycles. The van der Waals surface area contributed by atoms with Gasteiger partial charge >= 0.3 is 0 Å². The van der Waals surface area contributed by atoms with Gasteiger partial charge in [-0.15, -0.1) is 0 Å². The van der Waals surface area contributed by atoms with Crippen molar-refractivity contribution < 1.29 is 19.1 Å². The second kappa shape index (κ2) is 14.1. The number of nitrogens with zero attached hydrogens (tertiary/aromatic N) is 5. The summed E-state index contributed by atoms with van der Waals surface area (Å²) in [5.41, 5.74) is 2.57. The molecule has 44 heavy (non-hydrogen) atoms. The van der Waals surface area contributed by atoms with Gasteiger partial charge in [0.05, 0.1) is 12.8 Å². The van der Waals surface area contributed by atoms with Gasteiger partial charge in [0.2, 0.25) is 11.8 Å². The number of amides is 2. The first-order valence-corrected chi connectivity index (χ1v) is 14.8. The molecule has 0 aliphatic carbocycles. The number of methoxy groups -OCH3 is 1. The molecule has 228 valence electrons. The zero-order chi connectivity index (χ0) is 31.1. The number of carbonyl (C=O) groups excluding carboxylic acids is 2. The first-order valence-electron chi connectivity index (χ1n) is 14.8. The molecular weight excluding hydrogens is 556 g/mol. The molecule has 2 aromatic carbocycles. The van der Waals surface area contributed by atoms with E-state index in [1.807, 2.05) is 81.4 Å². The van der Waals surface area contributed by atoms with Crippen molar-refractivity contribution in [2.45, 2.75) is 45.9 Å². The Morgan fingerprint density at radius 2 is 1.57 bits per heavy atom. The lowest BCUT2D eigenvalue weighted by molar-refractivity contribution is -0.150. The monoisotopic (exact) mass is 594 g/mol. The molecule has 10 nitrogen and oxygen atoms in total. The molecule has 1 aliphatic heterocycles. The van der Waals surface area contributed by atoms with E-state index in [4.69, 9.17) is 9.47 Å². The van der Waals surface area contributed by atoms with E-state index in [2.05, 4.69) is 25.2 Å². The zero-order valence-electron chi connectivity index (χ0n) is 25.5. The summed E-state index contributed by atoms with van der Waals surface area (Å²) in [7, 11) is 1.60. The Morgan fingerprint density at radius 3 is 2.27 bits per heavy atom. The van der Waals surface area contributed by atoms with Gasteiger partial charge < -0.3 is 19.7 Å². The molecule has 1 saturated heterocycles. The minimum Gasteiger partial charge on any atom is -0.493 e. The van der Waals surface area contributed by atoms with E-state index in [9.17, 15) is 9.59 Å². The molecule has 0 unspecified atom stereocenters. The number of hydrogen-bond donors (Lipinski definition) is 1. The van der Waals surface area contributed by atoms with Crippen LogP contribution in [0.15, 0.2) is 85.3 Å². The van der Waals surface area contributed by atoms with Crippen LogP contribution in [0.2, 0.25) is 0 Å². The molecule has 0 saturated carbocycles. The highest BCUT2D eigenvalue weighted by molar-refractivity contribution is 5.89. The van der Waals surface area contributed by atoms with Crippen LogP contribution >= 0.6 is 0 Å². The van der Waals surface area contributed by atoms with Gasteiger partial charge in [-0.05, 0) is 42.8 Å². The van der Waals surface area contributed by atoms with Gasteiger partial charge in [-0.1, -0.05) is 50.2 Å². The molecule has 1 fully saturated rings. The third-order valence-corrected chi connectivity index (χ3v) is 7.57. The van der Waals surface area contributed by atoms with E-state index in [0.717, 1.165) is 16.8 Å². The first kappa shape index (κ1) is 30.6. The topological polar surface area (TPSA) is 110 Å². The summed E-state index contributed by atoms with van der Waals surface area (Å²) in [4.78, 5) is 44.1. The standard InChI is InChI=1S/C34H38N6O4/c1-23(2)34(42)40-24(3)20-39(21-27-29(11-7-16-35-27)44-31-10-6-5-9-30(31)43-4)22-28(40)33(41)38-19-25-12-14-26(15-13-25)32-36-17-8-18-37-32/h5-18,23-24,28H,19-22H2,1-4H3,(H,38,41)/t24-,28-/m1/s1. The quantitative estimate of drug-likeness (QED) is 0.281. The van der Waals surface area contributed by atoms with Gasteiger partial charge in [0.15, 0.2) is 17.3 Å². The normalized spacial score (nSPS) is 16.9. The number of nitrogens with one attached hydrogen (secondary N) is 1. The predicted molar refractivity (Wildman–Crippen MR) is 167 cm³/mol. The van der Waals surface area contributed by atoms with E-state index in [-0.39, 0.29) is 23.8 Å². The Kier molecular flexibility index (Phi) is 9.81. The molecule has 10 heteroatoms. The Morgan fingerprint density at radius 1 is 0.886 bits per heavy atom. The number of rotatable bonds is 10. The van der Waals surface area contributed by atoms with Crippen molar-refractivity contribution in [3.63, 3.8) is 0 Å². The van der Waals surface area contributed by atoms with Crippen molar-refractivity contribution in [1.82, 2.24) is 30.1 Å². The van der Waals surface area contributed by atoms with Crippen LogP contribution in [0, 0.1) is 5.92 Å². The minimum atomic E-state index is -0.659. The minimum absolute atomic E-state index is 0.0393. The first-order chi connectivity index (χ1) is 21.3. The molecule has 2 aromatic heterocycles. The summed E-state index contributed by atoms with van der Waals surface area (Å²) in [6, 6.07) is 19.9. The second-order valence-electron chi connectivity index (χ2n) is 11.1. The van der Waals surface area contributed by atoms with Crippen LogP contribution in [0.3, 0.4) is 0 Å². The lowest BCUT2D eigenvalue weighted by atomic mass is 10.0. The number of carbonyl (C=O) groups is 2. The molecule has 4 aromatic rings. The van der Waals surface area contributed by atoms with Crippen LogP contribution in [0.1, 0.15) is 32.0 Å². The Hall–Kier alpha value is -4.83. The van der Waals surface area contributed by atoms with Crippen molar-refractivity contribution in [3.8, 4) is 28.6 Å². The molecule has 0 spiro atoms. The number of benzene rings is 2. The smallest absolute Gasteiger partial charge is 0.244 e. The van der Waals surface area contributed by atoms with Gasteiger partial charge in [-0.2, -0.15) is 0 Å². The lowest BCUT2D eigenvalue weighted by Gasteiger charge is -2.45. The number of aromatic nitrogens is 3. The van der Waals surface area contributed by atoms with Crippen molar-refractivity contribution in [1.29, 1.82) is 0 Å². The van der Waals surface area contributed by atoms with E-state index < -0.39 is 6.04 Å². The molecular formula is C34H38N6O4. The fraction of sp³-hybridized carbons (Fsp3) is 0.324. The summed E-state index contributed by atoms with van der Waals surface area (Å²) >= 11 is 0. The highest BCUT2D eigenvalue weighted by Crippen LogP contribution is 2.33. The largest absolute Gasteiger partial charge is 0.493 e. The Labute approximate surface area is 258 Å². The third kappa shape index (κ3) is 7.20. The zero-order valence-corrected chi connectivity index (χ0v) is 25.5. The van der Waals surface area contributed by atoms with Crippen LogP contribution in [-0.4, -0.2) is 68.8 Å². The second-order valence-corrected chi connectivity index (χ2v) is 11.1. The van der Waals surface area contributed by atoms with E-state index in [1.165, 1.54) is 0 Å². The van der Waals surface area contributed by atoms with E-state index in [1.54, 1.807) is 36.7 Å². The van der Waals surface area contributed by atoms with Crippen molar-refractivity contribution in [2.24, 2.45) is 5.92 Å². The summed E-state index contributed by atoms with van der Waals surface area (Å²) < 4.78 is 11.7. The summed E-state index contributed by atoms with van der Waals surface area (Å²) in [6.07, 6.45) is 5.14. The fourth-order valence-electron chi connectivity index (χ4n) is 5.38. The molecule has 5 rings (SSSR count). The SMILES string of the molecule is COc1ccccc1Oc1cccnc1CN1C[C@@H](C)N(C(=O)C(C)C)[C@@H](C(=O)NCc2ccc(-c3ncccn3)cc2)C1. The van der Waals surface area contributed by atoms with Gasteiger partial charge in [0.1, 0.15) is 11.8 Å². The maximum atomic E-state index is 13.7. The number of pyridine rings is 1. The summed E-state index contributed by atoms with van der Waals surface area (Å²) in [5.74, 6) is 1.99. The van der Waals surface area contributed by atoms with Gasteiger partial charge in [0, 0.05) is 62.3 Å². The summed E-state index contributed by atoms with van der Waals surface area (Å²) in [6.45, 7) is 7.46. The van der Waals surface area contributed by atoms with Crippen LogP contribution in [0.4, 0.5) is 0 Å². The van der Waals surface area contributed by atoms with Gasteiger partial charge in [0.25, 0.3) is 0 Å². The van der Waals surface area contributed by atoms with Gasteiger partial charge in [-0.3, -0.25) is 19.5 Å². The van der Waals surface area contributed by atoms with Crippen LogP contribution in [0.25, 0.3) is 11.4 Å². The van der Waals surface area contributed by atoms with Crippen LogP contribution < -0.4 is 14.8 Å². The molecule has 1 N–H and O–H groups in total. The van der Waals surface area contributed by atoms with Gasteiger partial charge in [-0.25, -0.2) is 9.97 Å². The fourth-order valence-corrected chi connectivity index (χ4v) is 5.38. The highest BCUT2D eigenvalue weighted by atomic mass is 16.5. The van der Waals surface area contributed by atoms with Crippen molar-refractivity contribution in [3.05, 3.63) is 96.6 Å². The van der Waals surface area contributed by atoms with Crippen molar-refractivity contribution in [2.75, 3.05) is 20.2 Å². The molecule has 2 amide bonds. The lowest BCUT2D eigenvalue weighted by Crippen LogP contribution is -2.64. The highest BCUT2D eigenvalue weighted by Gasteiger charge is 2.40. The van der Waals surface area contributed by atoms with Crippen LogP contribution in [-0.2, 0) is 22.7 Å². The third-order valence-electron chi connectivity index (χ3n) is 7.57. The van der Waals surface area contributed by atoms with Crippen molar-refractivity contribution >= 4 is 11.8 Å². The Bertz CT molecular complexity index is 1560. The number of piperazine rings is 1. The Balaban J connectivity index is 1.31. The van der Waals surface area contributed by atoms with E-state index >= 15 is 0 Å². The molecule has 1 aliphatic rings. The summed E-state index contributed by atoms with van der Waals surface area (Å²) in [5, 5.41) is 3.07. The predicted octanol–water partition coefficient (Wildman–Crippen LogP) is 4.71. The maximum Gasteiger partial charge on any atom is 0.244 e. The maximum absolute atomic E-state index is 13.7. The molecule has 2 atom stereocenters. The number of hydrogen-bond acceptors (Lipinski definition) is 8. The average Bonchev–Trinajstić information content (AvgIpc) is 3.05. The molecule has 0 bridgehead atoms.